The molecule has 0 fully saturated rings. The van der Waals surface area contributed by atoms with Crippen LogP contribution in [0, 0.1) is 0 Å². The Morgan fingerprint density at radius 1 is 1.55 bits per heavy atom. The van der Waals surface area contributed by atoms with Crippen LogP contribution in [-0.2, 0) is 4.74 Å². The van der Waals surface area contributed by atoms with E-state index in [1.54, 1.807) is 6.26 Å². The molecule has 0 aromatic heterocycles. The Hall–Kier alpha value is -0.720. The number of hydrogen-bond acceptors (Lipinski definition) is 1. The lowest BCUT2D eigenvalue weighted by Crippen LogP contribution is -2.09. The first-order chi connectivity index (χ1) is 5.33. The number of hydrogen-bond donors (Lipinski definition) is 0. The van der Waals surface area contributed by atoms with Crippen molar-refractivity contribution in [3.8, 4) is 0 Å². The van der Waals surface area contributed by atoms with Crippen molar-refractivity contribution in [2.45, 2.75) is 39.2 Å². The van der Waals surface area contributed by atoms with Crippen molar-refractivity contribution < 1.29 is 4.74 Å². The van der Waals surface area contributed by atoms with Crippen LogP contribution in [0.25, 0.3) is 0 Å². The highest BCUT2D eigenvalue weighted by Gasteiger charge is 2.06. The summed E-state index contributed by atoms with van der Waals surface area (Å²) in [6, 6.07) is 0. The van der Waals surface area contributed by atoms with Crippen LogP contribution in [-0.4, -0.2) is 6.10 Å². The summed E-state index contributed by atoms with van der Waals surface area (Å²) >= 11 is 0. The van der Waals surface area contributed by atoms with Crippen LogP contribution in [0.4, 0.5) is 0 Å². The van der Waals surface area contributed by atoms with Crippen molar-refractivity contribution in [2.24, 2.45) is 0 Å². The summed E-state index contributed by atoms with van der Waals surface area (Å²) in [5.41, 5.74) is 1.32. The van der Waals surface area contributed by atoms with Crippen LogP contribution in [0.2, 0.25) is 0 Å². The van der Waals surface area contributed by atoms with Gasteiger partial charge in [0.1, 0.15) is 6.10 Å². The lowest BCUT2D eigenvalue weighted by atomic mass is 10.1. The average Bonchev–Trinajstić information content (AvgIpc) is 2.01. The van der Waals surface area contributed by atoms with Gasteiger partial charge in [0.15, 0.2) is 0 Å². The highest BCUT2D eigenvalue weighted by atomic mass is 16.5. The summed E-state index contributed by atoms with van der Waals surface area (Å²) in [5, 5.41) is 0. The SMILES string of the molecule is CCCCC1C=C(C)C=CO1. The molecule has 0 aromatic rings. The zero-order chi connectivity index (χ0) is 8.10. The summed E-state index contributed by atoms with van der Waals surface area (Å²) < 4.78 is 5.39. The van der Waals surface area contributed by atoms with Gasteiger partial charge in [-0.2, -0.15) is 0 Å². The monoisotopic (exact) mass is 152 g/mol. The van der Waals surface area contributed by atoms with Gasteiger partial charge in [0.25, 0.3) is 0 Å². The molecule has 1 nitrogen and oxygen atoms in total. The Kier molecular flexibility index (Phi) is 3.21. The molecule has 0 aliphatic carbocycles. The Bertz CT molecular complexity index is 168. The third-order valence-corrected chi connectivity index (χ3v) is 1.88. The fraction of sp³-hybridized carbons (Fsp3) is 0.600. The first kappa shape index (κ1) is 8.38. The molecule has 0 radical (unpaired) electrons. The predicted octanol–water partition coefficient (Wildman–Crippen LogP) is 3.04. The molecule has 1 atom stereocenters. The number of ether oxygens (including phenoxy) is 1. The molecule has 1 heteroatoms. The summed E-state index contributed by atoms with van der Waals surface area (Å²) in [6.07, 6.45) is 9.98. The fourth-order valence-electron chi connectivity index (χ4n) is 1.19. The van der Waals surface area contributed by atoms with E-state index in [1.807, 2.05) is 6.08 Å². The van der Waals surface area contributed by atoms with Gasteiger partial charge in [0.2, 0.25) is 0 Å². The zero-order valence-corrected chi connectivity index (χ0v) is 7.34. The Labute approximate surface area is 68.8 Å². The van der Waals surface area contributed by atoms with E-state index in [1.165, 1.54) is 18.4 Å². The van der Waals surface area contributed by atoms with Gasteiger partial charge in [-0.05, 0) is 37.5 Å². The lowest BCUT2D eigenvalue weighted by Gasteiger charge is -2.16. The van der Waals surface area contributed by atoms with Gasteiger partial charge >= 0.3 is 0 Å². The van der Waals surface area contributed by atoms with Gasteiger partial charge in [-0.1, -0.05) is 13.3 Å². The molecule has 0 N–H and O–H groups in total. The van der Waals surface area contributed by atoms with E-state index in [-0.39, 0.29) is 0 Å². The first-order valence-electron chi connectivity index (χ1n) is 4.33. The largest absolute Gasteiger partial charge is 0.494 e. The molecule has 0 aromatic carbocycles. The van der Waals surface area contributed by atoms with Crippen LogP contribution in [0.3, 0.4) is 0 Å². The van der Waals surface area contributed by atoms with E-state index in [9.17, 15) is 0 Å². The molecule has 0 saturated carbocycles. The molecular weight excluding hydrogens is 136 g/mol. The van der Waals surface area contributed by atoms with E-state index in [2.05, 4.69) is 19.9 Å². The summed E-state index contributed by atoms with van der Waals surface area (Å²) in [4.78, 5) is 0. The van der Waals surface area contributed by atoms with E-state index in [0.717, 1.165) is 6.42 Å². The summed E-state index contributed by atoms with van der Waals surface area (Å²) in [5.74, 6) is 0. The van der Waals surface area contributed by atoms with Crippen molar-refractivity contribution in [1.29, 1.82) is 0 Å². The van der Waals surface area contributed by atoms with Crippen LogP contribution in [0.15, 0.2) is 24.0 Å². The third-order valence-electron chi connectivity index (χ3n) is 1.88. The van der Waals surface area contributed by atoms with Gasteiger partial charge in [0.05, 0.1) is 6.26 Å². The Balaban J connectivity index is 2.31. The van der Waals surface area contributed by atoms with Crippen LogP contribution < -0.4 is 0 Å². The molecule has 1 unspecified atom stereocenters. The van der Waals surface area contributed by atoms with Crippen molar-refractivity contribution in [1.82, 2.24) is 0 Å². The third kappa shape index (κ3) is 2.79. The smallest absolute Gasteiger partial charge is 0.116 e. The molecule has 62 valence electrons. The Morgan fingerprint density at radius 3 is 3.00 bits per heavy atom. The molecule has 1 rings (SSSR count). The van der Waals surface area contributed by atoms with E-state index >= 15 is 0 Å². The maximum atomic E-state index is 5.39. The minimum Gasteiger partial charge on any atom is -0.494 e. The van der Waals surface area contributed by atoms with Crippen LogP contribution >= 0.6 is 0 Å². The number of allylic oxidation sites excluding steroid dienone is 2. The molecular formula is C10H16O. The summed E-state index contributed by atoms with van der Waals surface area (Å²) in [6.45, 7) is 4.31. The average molecular weight is 152 g/mol. The van der Waals surface area contributed by atoms with Gasteiger partial charge < -0.3 is 4.74 Å². The van der Waals surface area contributed by atoms with Crippen molar-refractivity contribution in [3.05, 3.63) is 24.0 Å². The number of unbranched alkanes of at least 4 members (excludes halogenated alkanes) is 1. The van der Waals surface area contributed by atoms with E-state index in [0.29, 0.717) is 6.10 Å². The molecule has 0 saturated heterocycles. The maximum absolute atomic E-state index is 5.39. The van der Waals surface area contributed by atoms with Crippen molar-refractivity contribution in [3.63, 3.8) is 0 Å². The topological polar surface area (TPSA) is 9.23 Å². The quantitative estimate of drug-likeness (QED) is 0.604. The summed E-state index contributed by atoms with van der Waals surface area (Å²) in [7, 11) is 0. The highest BCUT2D eigenvalue weighted by Crippen LogP contribution is 2.14. The van der Waals surface area contributed by atoms with Gasteiger partial charge in [-0.3, -0.25) is 0 Å². The molecule has 1 heterocycles. The second-order valence-corrected chi connectivity index (χ2v) is 3.03. The molecule has 11 heavy (non-hydrogen) atoms. The van der Waals surface area contributed by atoms with Crippen LogP contribution in [0.5, 0.6) is 0 Å². The standard InChI is InChI=1S/C10H16O/c1-3-4-5-10-8-9(2)6-7-11-10/h6-8,10H,3-5H2,1-2H3. The molecule has 0 spiro atoms. The van der Waals surface area contributed by atoms with Crippen molar-refractivity contribution in [2.75, 3.05) is 0 Å². The lowest BCUT2D eigenvalue weighted by molar-refractivity contribution is 0.170. The first-order valence-corrected chi connectivity index (χ1v) is 4.33. The normalized spacial score (nSPS) is 22.7. The predicted molar refractivity (Wildman–Crippen MR) is 47.3 cm³/mol. The van der Waals surface area contributed by atoms with Gasteiger partial charge in [0, 0.05) is 0 Å². The highest BCUT2D eigenvalue weighted by molar-refractivity contribution is 5.19. The molecule has 1 aliphatic heterocycles. The van der Waals surface area contributed by atoms with Crippen LogP contribution in [0.1, 0.15) is 33.1 Å². The minimum absolute atomic E-state index is 0.333. The van der Waals surface area contributed by atoms with Gasteiger partial charge in [-0.25, -0.2) is 0 Å². The van der Waals surface area contributed by atoms with Gasteiger partial charge in [-0.15, -0.1) is 0 Å². The molecule has 0 bridgehead atoms. The number of rotatable bonds is 3. The molecule has 1 aliphatic rings. The van der Waals surface area contributed by atoms with Crippen molar-refractivity contribution >= 4 is 0 Å². The second kappa shape index (κ2) is 4.22. The minimum atomic E-state index is 0.333. The fourth-order valence-corrected chi connectivity index (χ4v) is 1.19. The van der Waals surface area contributed by atoms with E-state index < -0.39 is 0 Å². The van der Waals surface area contributed by atoms with E-state index in [4.69, 9.17) is 4.74 Å². The maximum Gasteiger partial charge on any atom is 0.116 e. The molecule has 0 amide bonds. The second-order valence-electron chi connectivity index (χ2n) is 3.03. The Morgan fingerprint density at radius 2 is 2.36 bits per heavy atom. The zero-order valence-electron chi connectivity index (χ0n) is 7.34.